The van der Waals surface area contributed by atoms with Crippen molar-refractivity contribution < 1.29 is 5.11 Å². The van der Waals surface area contributed by atoms with E-state index in [2.05, 4.69) is 36.4 Å². The molecule has 2 aromatic rings. The minimum absolute atomic E-state index is 0.164. The van der Waals surface area contributed by atoms with E-state index >= 15 is 0 Å². The molecule has 0 saturated carbocycles. The largest absolute Gasteiger partial charge is 0.507 e. The van der Waals surface area contributed by atoms with E-state index in [0.29, 0.717) is 22.5 Å². The van der Waals surface area contributed by atoms with Crippen LogP contribution in [0, 0.1) is 0 Å². The van der Waals surface area contributed by atoms with Gasteiger partial charge in [0.2, 0.25) is 5.95 Å². The Morgan fingerprint density at radius 1 is 1.50 bits per heavy atom. The van der Waals surface area contributed by atoms with Crippen LogP contribution in [0.3, 0.4) is 0 Å². The van der Waals surface area contributed by atoms with Crippen LogP contribution in [-0.4, -0.2) is 21.3 Å². The van der Waals surface area contributed by atoms with Crippen LogP contribution >= 0.6 is 15.9 Å². The van der Waals surface area contributed by atoms with Gasteiger partial charge in [0.25, 0.3) is 5.56 Å². The van der Waals surface area contributed by atoms with E-state index in [1.54, 1.807) is 24.4 Å². The maximum absolute atomic E-state index is 11.4. The summed E-state index contributed by atoms with van der Waals surface area (Å²) in [6.45, 7) is 1.92. The van der Waals surface area contributed by atoms with Crippen molar-refractivity contribution in [1.29, 1.82) is 0 Å². The molecule has 0 aliphatic carbocycles. The highest BCUT2D eigenvalue weighted by Crippen LogP contribution is 2.23. The van der Waals surface area contributed by atoms with Gasteiger partial charge in [0.15, 0.2) is 0 Å². The number of halogens is 1. The molecule has 0 atom stereocenters. The number of aromatic hydroxyl groups is 1. The summed E-state index contributed by atoms with van der Waals surface area (Å²) in [4.78, 5) is 18.1. The molecule has 6 nitrogen and oxygen atoms in total. The van der Waals surface area contributed by atoms with Crippen LogP contribution in [0.1, 0.15) is 18.2 Å². The van der Waals surface area contributed by atoms with E-state index in [1.807, 2.05) is 6.92 Å². The molecule has 104 valence electrons. The van der Waals surface area contributed by atoms with E-state index < -0.39 is 0 Å². The summed E-state index contributed by atoms with van der Waals surface area (Å²) in [6, 6.07) is 6.44. The van der Waals surface area contributed by atoms with E-state index in [1.165, 1.54) is 6.07 Å². The summed E-state index contributed by atoms with van der Waals surface area (Å²) in [5, 5.41) is 13.4. The quantitative estimate of drug-likeness (QED) is 0.590. The van der Waals surface area contributed by atoms with Crippen molar-refractivity contribution in [1.82, 2.24) is 9.97 Å². The molecular formula is C13H13BrN4O2. The lowest BCUT2D eigenvalue weighted by Gasteiger charge is -2.01. The van der Waals surface area contributed by atoms with E-state index in [9.17, 15) is 9.90 Å². The molecule has 2 rings (SSSR count). The molecule has 20 heavy (non-hydrogen) atoms. The monoisotopic (exact) mass is 336 g/mol. The van der Waals surface area contributed by atoms with Gasteiger partial charge in [0.1, 0.15) is 5.75 Å². The molecular weight excluding hydrogens is 324 g/mol. The zero-order valence-corrected chi connectivity index (χ0v) is 12.3. The van der Waals surface area contributed by atoms with Gasteiger partial charge < -0.3 is 5.11 Å². The molecule has 0 spiro atoms. The van der Waals surface area contributed by atoms with Crippen molar-refractivity contribution in [3.8, 4) is 5.75 Å². The number of anilines is 1. The Hall–Kier alpha value is -2.15. The smallest absolute Gasteiger partial charge is 0.252 e. The van der Waals surface area contributed by atoms with Crippen LogP contribution < -0.4 is 11.0 Å². The third kappa shape index (κ3) is 3.67. The summed E-state index contributed by atoms with van der Waals surface area (Å²) in [6.07, 6.45) is 2.23. The van der Waals surface area contributed by atoms with Gasteiger partial charge in [-0.05, 0) is 46.1 Å². The van der Waals surface area contributed by atoms with Crippen LogP contribution in [0.2, 0.25) is 0 Å². The maximum atomic E-state index is 11.4. The van der Waals surface area contributed by atoms with Gasteiger partial charge in [0, 0.05) is 11.8 Å². The van der Waals surface area contributed by atoms with Crippen molar-refractivity contribution >= 4 is 28.1 Å². The fraction of sp³-hybridized carbons (Fsp3) is 0.154. The van der Waals surface area contributed by atoms with E-state index in [0.717, 1.165) is 5.56 Å². The third-order valence-electron chi connectivity index (χ3n) is 2.51. The topological polar surface area (TPSA) is 90.4 Å². The van der Waals surface area contributed by atoms with Crippen LogP contribution in [0.5, 0.6) is 5.75 Å². The average Bonchev–Trinajstić information content (AvgIpc) is 2.42. The van der Waals surface area contributed by atoms with Crippen molar-refractivity contribution in [2.45, 2.75) is 13.3 Å². The predicted molar refractivity (Wildman–Crippen MR) is 81.3 cm³/mol. The SMILES string of the molecule is CCc1cc(=O)[nH]c(N/N=C\c2ccc(O)c(Br)c2)n1. The number of hydrogen-bond acceptors (Lipinski definition) is 5. The predicted octanol–water partition coefficient (Wildman–Crippen LogP) is 2.25. The Bertz CT molecular complexity index is 697. The second-order valence-electron chi connectivity index (χ2n) is 4.02. The van der Waals surface area contributed by atoms with Crippen LogP contribution in [0.4, 0.5) is 5.95 Å². The number of benzene rings is 1. The van der Waals surface area contributed by atoms with E-state index in [4.69, 9.17) is 0 Å². The molecule has 1 aromatic heterocycles. The van der Waals surface area contributed by atoms with Crippen molar-refractivity contribution in [3.05, 3.63) is 50.3 Å². The normalized spacial score (nSPS) is 10.9. The third-order valence-corrected chi connectivity index (χ3v) is 3.15. The molecule has 0 bridgehead atoms. The summed E-state index contributed by atoms with van der Waals surface area (Å²) in [5.41, 5.74) is 3.93. The number of nitrogens with one attached hydrogen (secondary N) is 2. The lowest BCUT2D eigenvalue weighted by molar-refractivity contribution is 0.472. The van der Waals surface area contributed by atoms with E-state index in [-0.39, 0.29) is 11.3 Å². The maximum Gasteiger partial charge on any atom is 0.252 e. The van der Waals surface area contributed by atoms with Gasteiger partial charge in [0.05, 0.1) is 10.7 Å². The second-order valence-corrected chi connectivity index (χ2v) is 4.87. The van der Waals surface area contributed by atoms with Gasteiger partial charge >= 0.3 is 0 Å². The lowest BCUT2D eigenvalue weighted by Crippen LogP contribution is -2.11. The summed E-state index contributed by atoms with van der Waals surface area (Å²) < 4.78 is 0.584. The van der Waals surface area contributed by atoms with Crippen LogP contribution in [0.15, 0.2) is 38.6 Å². The molecule has 1 heterocycles. The first-order valence-electron chi connectivity index (χ1n) is 5.96. The van der Waals surface area contributed by atoms with Crippen molar-refractivity contribution in [2.24, 2.45) is 5.10 Å². The minimum Gasteiger partial charge on any atom is -0.507 e. The average molecular weight is 337 g/mol. The Morgan fingerprint density at radius 3 is 3.00 bits per heavy atom. The van der Waals surface area contributed by atoms with Crippen LogP contribution in [0.25, 0.3) is 0 Å². The number of aryl methyl sites for hydroxylation is 1. The molecule has 0 unspecified atom stereocenters. The summed E-state index contributed by atoms with van der Waals surface area (Å²) in [7, 11) is 0. The van der Waals surface area contributed by atoms with Gasteiger partial charge in [-0.3, -0.25) is 9.78 Å². The summed E-state index contributed by atoms with van der Waals surface area (Å²) in [5.74, 6) is 0.459. The highest BCUT2D eigenvalue weighted by atomic mass is 79.9. The molecule has 1 aromatic carbocycles. The zero-order valence-electron chi connectivity index (χ0n) is 10.7. The number of phenols is 1. The first-order valence-corrected chi connectivity index (χ1v) is 6.75. The molecule has 0 aliphatic heterocycles. The summed E-state index contributed by atoms with van der Waals surface area (Å²) >= 11 is 3.22. The fourth-order valence-corrected chi connectivity index (χ4v) is 1.91. The second kappa shape index (κ2) is 6.33. The van der Waals surface area contributed by atoms with Gasteiger partial charge in [-0.2, -0.15) is 5.10 Å². The van der Waals surface area contributed by atoms with Gasteiger partial charge in [-0.1, -0.05) is 6.92 Å². The Balaban J connectivity index is 2.11. The van der Waals surface area contributed by atoms with Crippen molar-refractivity contribution in [3.63, 3.8) is 0 Å². The first-order chi connectivity index (χ1) is 9.58. The molecule has 0 saturated heterocycles. The zero-order chi connectivity index (χ0) is 14.5. The number of aromatic nitrogens is 2. The minimum atomic E-state index is -0.220. The Kier molecular flexibility index (Phi) is 4.52. The molecule has 3 N–H and O–H groups in total. The van der Waals surface area contributed by atoms with Gasteiger partial charge in [-0.25, -0.2) is 10.4 Å². The number of H-pyrrole nitrogens is 1. The van der Waals surface area contributed by atoms with Crippen LogP contribution in [-0.2, 0) is 6.42 Å². The highest BCUT2D eigenvalue weighted by Gasteiger charge is 1.99. The number of hydrogen-bond donors (Lipinski definition) is 3. The Labute approximate surface area is 123 Å². The first kappa shape index (κ1) is 14.3. The fourth-order valence-electron chi connectivity index (χ4n) is 1.51. The standard InChI is InChI=1S/C13H13BrN4O2/c1-2-9-6-12(20)17-13(16-9)18-15-7-8-3-4-11(19)10(14)5-8/h3-7,19H,2H2,1H3,(H2,16,17,18,20)/b15-7-. The van der Waals surface area contributed by atoms with Crippen molar-refractivity contribution in [2.75, 3.05) is 5.43 Å². The molecule has 0 aliphatic rings. The number of hydrazone groups is 1. The number of rotatable bonds is 4. The Morgan fingerprint density at radius 2 is 2.30 bits per heavy atom. The number of phenolic OH excluding ortho intramolecular Hbond substituents is 1. The molecule has 7 heteroatoms. The molecule has 0 radical (unpaired) electrons. The number of nitrogens with zero attached hydrogens (tertiary/aromatic N) is 2. The molecule has 0 amide bonds. The molecule has 0 fully saturated rings. The number of aromatic amines is 1. The highest BCUT2D eigenvalue weighted by molar-refractivity contribution is 9.10. The lowest BCUT2D eigenvalue weighted by atomic mass is 10.2. The van der Waals surface area contributed by atoms with Gasteiger partial charge in [-0.15, -0.1) is 0 Å².